The van der Waals surface area contributed by atoms with Crippen LogP contribution in [-0.2, 0) is 4.74 Å². The van der Waals surface area contributed by atoms with Gasteiger partial charge in [-0.15, -0.1) is 0 Å². The summed E-state index contributed by atoms with van der Waals surface area (Å²) in [5, 5.41) is 11.5. The van der Waals surface area contributed by atoms with Gasteiger partial charge in [0.2, 0.25) is 0 Å². The zero-order valence-electron chi connectivity index (χ0n) is 13.3. The number of oxime groups is 1. The summed E-state index contributed by atoms with van der Waals surface area (Å²) in [5.74, 6) is 0. The maximum atomic E-state index is 12.0. The van der Waals surface area contributed by atoms with Gasteiger partial charge in [0.25, 0.3) is 0 Å². The Labute approximate surface area is 131 Å². The molecule has 22 heavy (non-hydrogen) atoms. The predicted molar refractivity (Wildman–Crippen MR) is 85.8 cm³/mol. The molecule has 1 aromatic rings. The largest absolute Gasteiger partial charge is 0.444 e. The van der Waals surface area contributed by atoms with Gasteiger partial charge in [0.15, 0.2) is 0 Å². The normalized spacial score (nSPS) is 16.1. The van der Waals surface area contributed by atoms with E-state index in [2.05, 4.69) is 10.1 Å². The van der Waals surface area contributed by atoms with Crippen molar-refractivity contribution in [1.29, 1.82) is 0 Å². The minimum Gasteiger partial charge on any atom is -0.444 e. The molecule has 1 N–H and O–H groups in total. The Bertz CT molecular complexity index is 527. The first kappa shape index (κ1) is 16.1. The van der Waals surface area contributed by atoms with Gasteiger partial charge in [-0.3, -0.25) is 0 Å². The molecule has 1 heterocycles. The Morgan fingerprint density at radius 3 is 2.27 bits per heavy atom. The molecule has 0 unspecified atom stereocenters. The SMILES string of the molecule is CC(C)(C)OC(=O)N1CCN(c2ccc(C=NO)cc2)CC1. The fraction of sp³-hybridized carbons (Fsp3) is 0.500. The number of hydrogen-bond donors (Lipinski definition) is 1. The molecule has 1 fully saturated rings. The van der Waals surface area contributed by atoms with Gasteiger partial charge in [0.05, 0.1) is 6.21 Å². The molecule has 0 bridgehead atoms. The second-order valence-electron chi connectivity index (χ2n) is 6.29. The molecule has 0 spiro atoms. The predicted octanol–water partition coefficient (Wildman–Crippen LogP) is 2.55. The fourth-order valence-corrected chi connectivity index (χ4v) is 2.31. The summed E-state index contributed by atoms with van der Waals surface area (Å²) in [5.41, 5.74) is 1.48. The van der Waals surface area contributed by atoms with Crippen LogP contribution in [0.25, 0.3) is 0 Å². The van der Waals surface area contributed by atoms with E-state index in [0.717, 1.165) is 24.3 Å². The molecule has 1 amide bonds. The molecule has 1 aliphatic rings. The first-order valence-corrected chi connectivity index (χ1v) is 7.39. The molecule has 1 aliphatic heterocycles. The Hall–Kier alpha value is -2.24. The highest BCUT2D eigenvalue weighted by atomic mass is 16.6. The second-order valence-corrected chi connectivity index (χ2v) is 6.29. The zero-order chi connectivity index (χ0) is 16.2. The highest BCUT2D eigenvalue weighted by Gasteiger charge is 2.25. The number of ether oxygens (including phenoxy) is 1. The highest BCUT2D eigenvalue weighted by Crippen LogP contribution is 2.18. The number of nitrogens with zero attached hydrogens (tertiary/aromatic N) is 3. The van der Waals surface area contributed by atoms with Gasteiger partial charge in [-0.2, -0.15) is 0 Å². The molecule has 0 saturated carbocycles. The average Bonchev–Trinajstić information content (AvgIpc) is 2.47. The number of rotatable bonds is 2. The van der Waals surface area contributed by atoms with Crippen molar-refractivity contribution in [2.45, 2.75) is 26.4 Å². The van der Waals surface area contributed by atoms with Crippen molar-refractivity contribution in [2.75, 3.05) is 31.1 Å². The van der Waals surface area contributed by atoms with Crippen molar-refractivity contribution in [3.05, 3.63) is 29.8 Å². The number of piperazine rings is 1. The van der Waals surface area contributed by atoms with E-state index in [9.17, 15) is 4.79 Å². The lowest BCUT2D eigenvalue weighted by Gasteiger charge is -2.36. The molecule has 1 aromatic carbocycles. The van der Waals surface area contributed by atoms with Crippen molar-refractivity contribution in [3.8, 4) is 0 Å². The minimum atomic E-state index is -0.460. The van der Waals surface area contributed by atoms with Crippen LogP contribution in [0.4, 0.5) is 10.5 Å². The highest BCUT2D eigenvalue weighted by molar-refractivity contribution is 5.79. The van der Waals surface area contributed by atoms with Gasteiger partial charge in [-0.25, -0.2) is 4.79 Å². The van der Waals surface area contributed by atoms with Crippen molar-refractivity contribution in [3.63, 3.8) is 0 Å². The van der Waals surface area contributed by atoms with E-state index < -0.39 is 5.60 Å². The van der Waals surface area contributed by atoms with Crippen molar-refractivity contribution < 1.29 is 14.7 Å². The van der Waals surface area contributed by atoms with Gasteiger partial charge in [-0.1, -0.05) is 17.3 Å². The van der Waals surface area contributed by atoms with Crippen LogP contribution in [0.5, 0.6) is 0 Å². The lowest BCUT2D eigenvalue weighted by atomic mass is 10.2. The van der Waals surface area contributed by atoms with E-state index in [4.69, 9.17) is 9.94 Å². The summed E-state index contributed by atoms with van der Waals surface area (Å²) in [6.45, 7) is 8.46. The Balaban J connectivity index is 1.90. The van der Waals surface area contributed by atoms with E-state index in [1.807, 2.05) is 45.0 Å². The third-order valence-corrected chi connectivity index (χ3v) is 3.40. The third-order valence-electron chi connectivity index (χ3n) is 3.40. The summed E-state index contributed by atoms with van der Waals surface area (Å²) >= 11 is 0. The molecular weight excluding hydrogens is 282 g/mol. The first-order chi connectivity index (χ1) is 10.4. The first-order valence-electron chi connectivity index (χ1n) is 7.39. The minimum absolute atomic E-state index is 0.248. The summed E-state index contributed by atoms with van der Waals surface area (Å²) in [6, 6.07) is 7.77. The molecule has 6 heteroatoms. The van der Waals surface area contributed by atoms with Crippen LogP contribution < -0.4 is 4.90 Å². The molecule has 120 valence electrons. The molecule has 0 aliphatic carbocycles. The summed E-state index contributed by atoms with van der Waals surface area (Å²) in [7, 11) is 0. The smallest absolute Gasteiger partial charge is 0.410 e. The third kappa shape index (κ3) is 4.38. The lowest BCUT2D eigenvalue weighted by Crippen LogP contribution is -2.50. The fourth-order valence-electron chi connectivity index (χ4n) is 2.31. The monoisotopic (exact) mass is 305 g/mol. The molecule has 0 atom stereocenters. The van der Waals surface area contributed by atoms with Crippen LogP contribution in [-0.4, -0.2) is 54.2 Å². The van der Waals surface area contributed by atoms with Crippen molar-refractivity contribution in [2.24, 2.45) is 5.16 Å². The maximum absolute atomic E-state index is 12.0. The molecule has 1 saturated heterocycles. The van der Waals surface area contributed by atoms with Gasteiger partial charge in [0.1, 0.15) is 5.60 Å². The van der Waals surface area contributed by atoms with Crippen LogP contribution >= 0.6 is 0 Å². The number of benzene rings is 1. The van der Waals surface area contributed by atoms with E-state index >= 15 is 0 Å². The average molecular weight is 305 g/mol. The van der Waals surface area contributed by atoms with E-state index in [-0.39, 0.29) is 6.09 Å². The van der Waals surface area contributed by atoms with Crippen LogP contribution in [0.1, 0.15) is 26.3 Å². The van der Waals surface area contributed by atoms with Gasteiger partial charge in [-0.05, 0) is 38.5 Å². The summed E-state index contributed by atoms with van der Waals surface area (Å²) in [6.07, 6.45) is 1.14. The number of carbonyl (C=O) groups excluding carboxylic acids is 1. The maximum Gasteiger partial charge on any atom is 0.410 e. The van der Waals surface area contributed by atoms with Crippen molar-refractivity contribution in [1.82, 2.24) is 4.90 Å². The zero-order valence-corrected chi connectivity index (χ0v) is 13.3. The Morgan fingerprint density at radius 1 is 1.18 bits per heavy atom. The van der Waals surface area contributed by atoms with Crippen LogP contribution in [0.15, 0.2) is 29.4 Å². The van der Waals surface area contributed by atoms with Gasteiger partial charge < -0.3 is 19.7 Å². The van der Waals surface area contributed by atoms with E-state index in [1.54, 1.807) is 4.90 Å². The molecule has 6 nitrogen and oxygen atoms in total. The van der Waals surface area contributed by atoms with Crippen molar-refractivity contribution >= 4 is 18.0 Å². The number of carbonyl (C=O) groups is 1. The molecular formula is C16H23N3O3. The van der Waals surface area contributed by atoms with E-state index in [1.165, 1.54) is 6.21 Å². The topological polar surface area (TPSA) is 65.4 Å². The standard InChI is InChI=1S/C16H23N3O3/c1-16(2,3)22-15(20)19-10-8-18(9-11-19)14-6-4-13(5-7-14)12-17-21/h4-7,12,21H,8-11H2,1-3H3. The van der Waals surface area contributed by atoms with Crippen LogP contribution in [0.3, 0.4) is 0 Å². The van der Waals surface area contributed by atoms with Crippen LogP contribution in [0, 0.1) is 0 Å². The number of amides is 1. The lowest BCUT2D eigenvalue weighted by molar-refractivity contribution is 0.0240. The summed E-state index contributed by atoms with van der Waals surface area (Å²) < 4.78 is 5.39. The van der Waals surface area contributed by atoms with Crippen LogP contribution in [0.2, 0.25) is 0 Å². The second kappa shape index (κ2) is 6.68. The Kier molecular flexibility index (Phi) is 4.90. The number of anilines is 1. The summed E-state index contributed by atoms with van der Waals surface area (Å²) in [4.78, 5) is 16.0. The van der Waals surface area contributed by atoms with Gasteiger partial charge in [0, 0.05) is 31.9 Å². The molecule has 2 rings (SSSR count). The molecule has 0 radical (unpaired) electrons. The Morgan fingerprint density at radius 2 is 1.77 bits per heavy atom. The number of hydrogen-bond acceptors (Lipinski definition) is 5. The van der Waals surface area contributed by atoms with E-state index in [0.29, 0.717) is 13.1 Å². The van der Waals surface area contributed by atoms with Gasteiger partial charge >= 0.3 is 6.09 Å². The molecule has 0 aromatic heterocycles. The quantitative estimate of drug-likeness (QED) is 0.518.